The molecule has 0 aliphatic carbocycles. The summed E-state index contributed by atoms with van der Waals surface area (Å²) >= 11 is 3.37. The van der Waals surface area contributed by atoms with E-state index in [2.05, 4.69) is 41.5 Å². The van der Waals surface area contributed by atoms with Crippen LogP contribution >= 0.6 is 15.9 Å². The topological polar surface area (TPSA) is 79.8 Å². The number of carbonyl (C=O) groups is 1. The quantitative estimate of drug-likeness (QED) is 0.435. The van der Waals surface area contributed by atoms with Crippen molar-refractivity contribution in [2.45, 2.75) is 0 Å². The number of hydrogen-bond donors (Lipinski definition) is 2. The molecule has 4 rings (SSSR count). The Morgan fingerprint density at radius 3 is 2.41 bits per heavy atom. The molecule has 2 aromatic carbocycles. The number of benzene rings is 2. The van der Waals surface area contributed by atoms with Crippen molar-refractivity contribution < 1.29 is 4.79 Å². The van der Waals surface area contributed by atoms with Crippen LogP contribution in [0.15, 0.2) is 89.7 Å². The summed E-state index contributed by atoms with van der Waals surface area (Å²) in [5.74, 6) is 0.271. The second-order valence-corrected chi connectivity index (χ2v) is 7.06. The Balaban J connectivity index is 1.49. The molecular formula is C22H16BrN5O. The molecule has 142 valence electrons. The number of halogens is 1. The number of pyridine rings is 1. The summed E-state index contributed by atoms with van der Waals surface area (Å²) < 4.78 is 0.924. The number of hydrogen-bond acceptors (Lipinski definition) is 5. The lowest BCUT2D eigenvalue weighted by Gasteiger charge is -2.09. The smallest absolute Gasteiger partial charge is 0.255 e. The fourth-order valence-electron chi connectivity index (χ4n) is 2.68. The average Bonchev–Trinajstić information content (AvgIpc) is 2.75. The molecule has 0 aliphatic rings. The molecule has 0 aliphatic heterocycles. The second-order valence-electron chi connectivity index (χ2n) is 6.15. The number of aromatic nitrogens is 3. The van der Waals surface area contributed by atoms with E-state index in [1.807, 2.05) is 60.7 Å². The minimum Gasteiger partial charge on any atom is -0.324 e. The molecule has 2 aromatic heterocycles. The standard InChI is InChI=1S/C22H16BrN5O/c23-16-9-7-15(8-10-16)21(29)26-17-4-3-5-18(14-17)27-22-25-13-11-20(28-22)19-6-1-2-12-24-19/h1-14H,(H,26,29)(H,25,27,28). The lowest BCUT2D eigenvalue weighted by Crippen LogP contribution is -2.11. The fourth-order valence-corrected chi connectivity index (χ4v) is 2.95. The third kappa shape index (κ3) is 4.83. The van der Waals surface area contributed by atoms with Gasteiger partial charge in [0.1, 0.15) is 0 Å². The average molecular weight is 446 g/mol. The molecule has 0 spiro atoms. The van der Waals surface area contributed by atoms with E-state index in [1.165, 1.54) is 0 Å². The molecule has 7 heteroatoms. The van der Waals surface area contributed by atoms with Gasteiger partial charge in [-0.15, -0.1) is 0 Å². The van der Waals surface area contributed by atoms with Crippen molar-refractivity contribution in [2.75, 3.05) is 10.6 Å². The zero-order chi connectivity index (χ0) is 20.1. The molecule has 2 N–H and O–H groups in total. The summed E-state index contributed by atoms with van der Waals surface area (Å²) in [7, 11) is 0. The van der Waals surface area contributed by atoms with Crippen LogP contribution in [0.5, 0.6) is 0 Å². The molecule has 0 atom stereocenters. The van der Waals surface area contributed by atoms with Crippen LogP contribution in [-0.2, 0) is 0 Å². The molecule has 0 bridgehead atoms. The number of nitrogens with zero attached hydrogens (tertiary/aromatic N) is 3. The van der Waals surface area contributed by atoms with Crippen molar-refractivity contribution in [3.8, 4) is 11.4 Å². The van der Waals surface area contributed by atoms with Gasteiger partial charge >= 0.3 is 0 Å². The Labute approximate surface area is 176 Å². The number of carbonyl (C=O) groups excluding carboxylic acids is 1. The third-order valence-corrected chi connectivity index (χ3v) is 4.59. The van der Waals surface area contributed by atoms with Crippen molar-refractivity contribution in [1.82, 2.24) is 15.0 Å². The maximum atomic E-state index is 12.4. The van der Waals surface area contributed by atoms with Crippen LogP contribution in [0.1, 0.15) is 10.4 Å². The fraction of sp³-hybridized carbons (Fsp3) is 0. The zero-order valence-corrected chi connectivity index (χ0v) is 16.8. The molecule has 0 saturated heterocycles. The maximum absolute atomic E-state index is 12.4. The van der Waals surface area contributed by atoms with E-state index < -0.39 is 0 Å². The molecule has 2 heterocycles. The van der Waals surface area contributed by atoms with Gasteiger partial charge in [-0.25, -0.2) is 9.97 Å². The highest BCUT2D eigenvalue weighted by Gasteiger charge is 2.07. The van der Waals surface area contributed by atoms with E-state index in [9.17, 15) is 4.79 Å². The van der Waals surface area contributed by atoms with Gasteiger partial charge in [0.05, 0.1) is 11.4 Å². The van der Waals surface area contributed by atoms with Crippen molar-refractivity contribution >= 4 is 39.2 Å². The van der Waals surface area contributed by atoms with Gasteiger partial charge in [0.2, 0.25) is 5.95 Å². The van der Waals surface area contributed by atoms with Gasteiger partial charge in [-0.2, -0.15) is 0 Å². The summed E-state index contributed by atoms with van der Waals surface area (Å²) in [5, 5.41) is 6.06. The first kappa shape index (κ1) is 18.8. The van der Waals surface area contributed by atoms with Gasteiger partial charge < -0.3 is 10.6 Å². The molecule has 0 radical (unpaired) electrons. The molecule has 0 saturated carbocycles. The first-order valence-corrected chi connectivity index (χ1v) is 9.65. The van der Waals surface area contributed by atoms with E-state index in [0.29, 0.717) is 17.2 Å². The van der Waals surface area contributed by atoms with Crippen LogP contribution in [0.4, 0.5) is 17.3 Å². The third-order valence-electron chi connectivity index (χ3n) is 4.07. The lowest BCUT2D eigenvalue weighted by atomic mass is 10.2. The van der Waals surface area contributed by atoms with Crippen LogP contribution in [-0.4, -0.2) is 20.9 Å². The molecule has 0 fully saturated rings. The second kappa shape index (κ2) is 8.62. The van der Waals surface area contributed by atoms with E-state index in [-0.39, 0.29) is 5.91 Å². The first-order valence-electron chi connectivity index (χ1n) is 8.86. The summed E-state index contributed by atoms with van der Waals surface area (Å²) in [6, 6.07) is 22.0. The van der Waals surface area contributed by atoms with E-state index in [4.69, 9.17) is 0 Å². The van der Waals surface area contributed by atoms with Gasteiger partial charge in [-0.05, 0) is 60.7 Å². The molecule has 4 aromatic rings. The lowest BCUT2D eigenvalue weighted by molar-refractivity contribution is 0.102. The molecule has 0 unspecified atom stereocenters. The Hall–Kier alpha value is -3.58. The van der Waals surface area contributed by atoms with E-state index >= 15 is 0 Å². The molecular weight excluding hydrogens is 430 g/mol. The highest BCUT2D eigenvalue weighted by Crippen LogP contribution is 2.21. The minimum absolute atomic E-state index is 0.178. The number of nitrogens with one attached hydrogen (secondary N) is 2. The summed E-state index contributed by atoms with van der Waals surface area (Å²) in [6.07, 6.45) is 3.40. The number of rotatable bonds is 5. The van der Waals surface area contributed by atoms with Gasteiger partial charge in [0.25, 0.3) is 5.91 Å². The van der Waals surface area contributed by atoms with E-state index in [1.54, 1.807) is 24.5 Å². The minimum atomic E-state index is -0.178. The predicted molar refractivity (Wildman–Crippen MR) is 117 cm³/mol. The Morgan fingerprint density at radius 2 is 1.62 bits per heavy atom. The highest BCUT2D eigenvalue weighted by atomic mass is 79.9. The van der Waals surface area contributed by atoms with Crippen LogP contribution in [0.2, 0.25) is 0 Å². The van der Waals surface area contributed by atoms with Gasteiger partial charge in [0.15, 0.2) is 0 Å². The monoisotopic (exact) mass is 445 g/mol. The highest BCUT2D eigenvalue weighted by molar-refractivity contribution is 9.10. The molecule has 1 amide bonds. The number of amides is 1. The van der Waals surface area contributed by atoms with Crippen LogP contribution < -0.4 is 10.6 Å². The van der Waals surface area contributed by atoms with Gasteiger partial charge in [-0.3, -0.25) is 9.78 Å². The van der Waals surface area contributed by atoms with Crippen molar-refractivity contribution in [3.63, 3.8) is 0 Å². The zero-order valence-electron chi connectivity index (χ0n) is 15.2. The van der Waals surface area contributed by atoms with Crippen molar-refractivity contribution in [2.24, 2.45) is 0 Å². The van der Waals surface area contributed by atoms with Gasteiger partial charge in [-0.1, -0.05) is 28.1 Å². The molecule has 6 nitrogen and oxygen atoms in total. The summed E-state index contributed by atoms with van der Waals surface area (Å²) in [6.45, 7) is 0. The summed E-state index contributed by atoms with van der Waals surface area (Å²) in [5.41, 5.74) is 3.51. The predicted octanol–water partition coefficient (Wildman–Crippen LogP) is 5.30. The number of anilines is 3. The Kier molecular flexibility index (Phi) is 5.58. The Morgan fingerprint density at radius 1 is 0.793 bits per heavy atom. The van der Waals surface area contributed by atoms with Gasteiger partial charge in [0, 0.05) is 33.8 Å². The van der Waals surface area contributed by atoms with E-state index in [0.717, 1.165) is 21.5 Å². The summed E-state index contributed by atoms with van der Waals surface area (Å²) in [4.78, 5) is 25.5. The Bertz CT molecular complexity index is 1130. The van der Waals surface area contributed by atoms with Crippen LogP contribution in [0.3, 0.4) is 0 Å². The van der Waals surface area contributed by atoms with Crippen LogP contribution in [0.25, 0.3) is 11.4 Å². The largest absolute Gasteiger partial charge is 0.324 e. The maximum Gasteiger partial charge on any atom is 0.255 e. The normalized spacial score (nSPS) is 10.4. The van der Waals surface area contributed by atoms with Crippen LogP contribution in [0, 0.1) is 0 Å². The first-order chi connectivity index (χ1) is 14.2. The van der Waals surface area contributed by atoms with Crippen molar-refractivity contribution in [3.05, 3.63) is 95.2 Å². The van der Waals surface area contributed by atoms with Crippen molar-refractivity contribution in [1.29, 1.82) is 0 Å². The SMILES string of the molecule is O=C(Nc1cccc(Nc2nccc(-c3ccccn3)n2)c1)c1ccc(Br)cc1. The molecule has 29 heavy (non-hydrogen) atoms.